The topological polar surface area (TPSA) is 98.6 Å². The lowest BCUT2D eigenvalue weighted by Crippen LogP contribution is -2.40. The number of rotatable bonds is 8. The summed E-state index contributed by atoms with van der Waals surface area (Å²) in [4.78, 5) is 20.7. The molecule has 2 aromatic heterocycles. The number of aliphatic imine (C=N–C) groups is 1. The first-order valence-corrected chi connectivity index (χ1v) is 9.86. The summed E-state index contributed by atoms with van der Waals surface area (Å²) in [6.07, 6.45) is 0.279. The predicted molar refractivity (Wildman–Crippen MR) is 110 cm³/mol. The van der Waals surface area contributed by atoms with E-state index in [4.69, 9.17) is 0 Å². The molecule has 1 atom stereocenters. The molecular weight excluding hydrogens is 362 g/mol. The molecule has 8 heteroatoms. The summed E-state index contributed by atoms with van der Waals surface area (Å²) >= 11 is 1.54. The van der Waals surface area contributed by atoms with Crippen LogP contribution < -0.4 is 16.0 Å². The van der Waals surface area contributed by atoms with Crippen molar-refractivity contribution in [3.63, 3.8) is 0 Å². The van der Waals surface area contributed by atoms with Gasteiger partial charge in [0.2, 0.25) is 5.91 Å². The molecule has 0 aromatic carbocycles. The summed E-state index contributed by atoms with van der Waals surface area (Å²) in [5, 5.41) is 23.4. The van der Waals surface area contributed by atoms with E-state index in [1.807, 2.05) is 42.8 Å². The summed E-state index contributed by atoms with van der Waals surface area (Å²) in [5.41, 5.74) is 0.665. The SMILES string of the molecule is CCNC(=NCC(C)(O)c1ccsc1)NCCC(=O)Nc1cccc(C)n1. The summed E-state index contributed by atoms with van der Waals surface area (Å²) in [7, 11) is 0. The van der Waals surface area contributed by atoms with E-state index in [9.17, 15) is 9.90 Å². The number of anilines is 1. The smallest absolute Gasteiger partial charge is 0.227 e. The van der Waals surface area contributed by atoms with E-state index in [-0.39, 0.29) is 18.9 Å². The fraction of sp³-hybridized carbons (Fsp3) is 0.421. The van der Waals surface area contributed by atoms with Crippen LogP contribution in [0, 0.1) is 6.92 Å². The van der Waals surface area contributed by atoms with Crippen LogP contribution >= 0.6 is 11.3 Å². The molecule has 0 aliphatic heterocycles. The van der Waals surface area contributed by atoms with Crippen molar-refractivity contribution in [2.24, 2.45) is 4.99 Å². The number of nitrogens with one attached hydrogen (secondary N) is 3. The third kappa shape index (κ3) is 6.99. The van der Waals surface area contributed by atoms with Gasteiger partial charge in [0.1, 0.15) is 11.4 Å². The van der Waals surface area contributed by atoms with E-state index < -0.39 is 5.60 Å². The molecule has 2 rings (SSSR count). The van der Waals surface area contributed by atoms with Crippen molar-refractivity contribution in [3.8, 4) is 0 Å². The van der Waals surface area contributed by atoms with Crippen LogP contribution in [0.15, 0.2) is 40.0 Å². The van der Waals surface area contributed by atoms with Gasteiger partial charge >= 0.3 is 0 Å². The van der Waals surface area contributed by atoms with Crippen molar-refractivity contribution in [1.82, 2.24) is 15.6 Å². The van der Waals surface area contributed by atoms with E-state index in [0.717, 1.165) is 11.3 Å². The van der Waals surface area contributed by atoms with Gasteiger partial charge in [-0.3, -0.25) is 4.79 Å². The maximum absolute atomic E-state index is 12.0. The van der Waals surface area contributed by atoms with Crippen LogP contribution in [-0.2, 0) is 10.4 Å². The number of amides is 1. The van der Waals surface area contributed by atoms with Crippen molar-refractivity contribution >= 4 is 29.0 Å². The van der Waals surface area contributed by atoms with Crippen LogP contribution in [0.5, 0.6) is 0 Å². The largest absolute Gasteiger partial charge is 0.383 e. The first kappa shape index (κ1) is 20.9. The fourth-order valence-corrected chi connectivity index (χ4v) is 3.13. The zero-order valence-corrected chi connectivity index (χ0v) is 16.8. The number of nitrogens with zero attached hydrogens (tertiary/aromatic N) is 2. The molecule has 0 saturated heterocycles. The van der Waals surface area contributed by atoms with E-state index in [1.165, 1.54) is 0 Å². The lowest BCUT2D eigenvalue weighted by atomic mass is 10.00. The Morgan fingerprint density at radius 2 is 2.15 bits per heavy atom. The van der Waals surface area contributed by atoms with E-state index >= 15 is 0 Å². The molecule has 0 spiro atoms. The molecule has 27 heavy (non-hydrogen) atoms. The standard InChI is InChI=1S/C19H27N5O2S/c1-4-20-18(22-13-19(3,26)15-9-11-27-12-15)21-10-8-17(25)24-16-7-5-6-14(2)23-16/h5-7,9,11-12,26H,4,8,10,13H2,1-3H3,(H2,20,21,22)(H,23,24,25). The number of aliphatic hydroxyl groups is 1. The highest BCUT2D eigenvalue weighted by Crippen LogP contribution is 2.23. The summed E-state index contributed by atoms with van der Waals surface area (Å²) in [5.74, 6) is 0.989. The van der Waals surface area contributed by atoms with Crippen LogP contribution in [0.2, 0.25) is 0 Å². The van der Waals surface area contributed by atoms with Crippen molar-refractivity contribution in [3.05, 3.63) is 46.3 Å². The number of carbonyl (C=O) groups excluding carboxylic acids is 1. The van der Waals surface area contributed by atoms with Crippen LogP contribution in [0.1, 0.15) is 31.5 Å². The molecule has 4 N–H and O–H groups in total. The Labute approximate surface area is 163 Å². The van der Waals surface area contributed by atoms with Crippen LogP contribution in [0.4, 0.5) is 5.82 Å². The molecule has 1 amide bonds. The minimum absolute atomic E-state index is 0.123. The lowest BCUT2D eigenvalue weighted by Gasteiger charge is -2.21. The van der Waals surface area contributed by atoms with Crippen LogP contribution in [-0.4, -0.2) is 41.6 Å². The van der Waals surface area contributed by atoms with Gasteiger partial charge in [-0.1, -0.05) is 6.07 Å². The molecular formula is C19H27N5O2S. The Hall–Kier alpha value is -2.45. The molecule has 0 aliphatic carbocycles. The molecule has 2 aromatic rings. The monoisotopic (exact) mass is 389 g/mol. The van der Waals surface area contributed by atoms with Crippen molar-refractivity contribution in [1.29, 1.82) is 0 Å². The number of guanidine groups is 1. The zero-order chi connectivity index (χ0) is 19.7. The number of carbonyl (C=O) groups is 1. The first-order chi connectivity index (χ1) is 12.9. The number of thiophene rings is 1. The number of hydrogen-bond acceptors (Lipinski definition) is 5. The Morgan fingerprint density at radius 1 is 1.33 bits per heavy atom. The summed E-state index contributed by atoms with van der Waals surface area (Å²) in [6, 6.07) is 7.38. The zero-order valence-electron chi connectivity index (χ0n) is 16.0. The molecule has 0 saturated carbocycles. The van der Waals surface area contributed by atoms with Crippen LogP contribution in [0.3, 0.4) is 0 Å². The second kappa shape index (κ2) is 10.0. The minimum Gasteiger partial charge on any atom is -0.383 e. The van der Waals surface area contributed by atoms with Crippen molar-refractivity contribution < 1.29 is 9.90 Å². The Kier molecular flexibility index (Phi) is 7.75. The molecule has 2 heterocycles. The number of pyridine rings is 1. The molecule has 0 bridgehead atoms. The number of hydrogen-bond donors (Lipinski definition) is 4. The summed E-state index contributed by atoms with van der Waals surface area (Å²) < 4.78 is 0. The minimum atomic E-state index is -1.03. The van der Waals surface area contributed by atoms with Gasteiger partial charge in [-0.25, -0.2) is 9.98 Å². The average molecular weight is 390 g/mol. The first-order valence-electron chi connectivity index (χ1n) is 8.91. The molecule has 0 radical (unpaired) electrons. The third-order valence-electron chi connectivity index (χ3n) is 3.83. The van der Waals surface area contributed by atoms with E-state index in [1.54, 1.807) is 24.3 Å². The second-order valence-electron chi connectivity index (χ2n) is 6.37. The highest BCUT2D eigenvalue weighted by Gasteiger charge is 2.23. The van der Waals surface area contributed by atoms with E-state index in [2.05, 4.69) is 25.9 Å². The van der Waals surface area contributed by atoms with Gasteiger partial charge in [0.25, 0.3) is 0 Å². The maximum Gasteiger partial charge on any atom is 0.227 e. The Morgan fingerprint density at radius 3 is 2.81 bits per heavy atom. The van der Waals surface area contributed by atoms with Gasteiger partial charge in [0.05, 0.1) is 6.54 Å². The Balaban J connectivity index is 1.84. The third-order valence-corrected chi connectivity index (χ3v) is 4.52. The highest BCUT2D eigenvalue weighted by molar-refractivity contribution is 7.08. The lowest BCUT2D eigenvalue weighted by molar-refractivity contribution is -0.116. The molecule has 7 nitrogen and oxygen atoms in total. The highest BCUT2D eigenvalue weighted by atomic mass is 32.1. The van der Waals surface area contributed by atoms with Gasteiger partial charge in [-0.2, -0.15) is 11.3 Å². The van der Waals surface area contributed by atoms with Gasteiger partial charge < -0.3 is 21.1 Å². The fourth-order valence-electron chi connectivity index (χ4n) is 2.35. The number of aromatic nitrogens is 1. The van der Waals surface area contributed by atoms with Crippen LogP contribution in [0.25, 0.3) is 0 Å². The van der Waals surface area contributed by atoms with Crippen molar-refractivity contribution in [2.75, 3.05) is 25.0 Å². The van der Waals surface area contributed by atoms with Crippen molar-refractivity contribution in [2.45, 2.75) is 32.8 Å². The van der Waals surface area contributed by atoms with Gasteiger partial charge in [0.15, 0.2) is 5.96 Å². The van der Waals surface area contributed by atoms with E-state index in [0.29, 0.717) is 24.9 Å². The Bertz CT molecular complexity index is 759. The average Bonchev–Trinajstić information content (AvgIpc) is 3.15. The maximum atomic E-state index is 12.0. The summed E-state index contributed by atoms with van der Waals surface area (Å²) in [6.45, 7) is 6.91. The molecule has 0 fully saturated rings. The molecule has 146 valence electrons. The van der Waals surface area contributed by atoms with Gasteiger partial charge in [-0.05, 0) is 55.3 Å². The molecule has 1 unspecified atom stereocenters. The molecule has 0 aliphatic rings. The quantitative estimate of drug-likeness (QED) is 0.410. The predicted octanol–water partition coefficient (Wildman–Crippen LogP) is 2.24. The van der Waals surface area contributed by atoms with Gasteiger partial charge in [-0.15, -0.1) is 0 Å². The van der Waals surface area contributed by atoms with Gasteiger partial charge in [0, 0.05) is 25.2 Å². The second-order valence-corrected chi connectivity index (χ2v) is 7.15. The normalized spacial score (nSPS) is 13.7. The number of aryl methyl sites for hydroxylation is 1.